The molecule has 0 aliphatic rings. The average molecular weight is 389 g/mol. The second-order valence-electron chi connectivity index (χ2n) is 5.42. The molecule has 0 aromatic heterocycles. The quantitative estimate of drug-likeness (QED) is 0.408. The first-order valence-electron chi connectivity index (χ1n) is 8.04. The summed E-state index contributed by atoms with van der Waals surface area (Å²) in [4.78, 5) is 22.4. The number of benzene rings is 1. The van der Waals surface area contributed by atoms with Crippen molar-refractivity contribution < 1.29 is 44.0 Å². The van der Waals surface area contributed by atoms with Gasteiger partial charge in [0.2, 0.25) is 0 Å². The summed E-state index contributed by atoms with van der Waals surface area (Å²) in [6.07, 6.45) is 7.36. The maximum atomic E-state index is 11.6. The molecule has 0 fully saturated rings. The molecule has 0 unspecified atom stereocenters. The molecule has 0 aliphatic heterocycles. The number of rotatable bonds is 10. The van der Waals surface area contributed by atoms with Crippen molar-refractivity contribution in [2.24, 2.45) is 0 Å². The Hall–Kier alpha value is -1.62. The zero-order chi connectivity index (χ0) is 17.1. The fourth-order valence-corrected chi connectivity index (χ4v) is 2.17. The molecule has 1 aromatic rings. The largest absolute Gasteiger partial charge is 0.507 e. The van der Waals surface area contributed by atoms with E-state index >= 15 is 0 Å². The third kappa shape index (κ3) is 8.87. The molecule has 0 radical (unpaired) electrons. The van der Waals surface area contributed by atoms with Gasteiger partial charge in [-0.1, -0.05) is 45.4 Å². The summed E-state index contributed by atoms with van der Waals surface area (Å²) >= 11 is 0. The third-order valence-corrected chi connectivity index (χ3v) is 3.46. The number of phenols is 1. The van der Waals surface area contributed by atoms with Crippen LogP contribution in [-0.4, -0.2) is 28.9 Å². The van der Waals surface area contributed by atoms with Crippen LogP contribution in [0.1, 0.15) is 62.2 Å². The SMILES string of the molecule is CCCCCCCCCOC(=O)Nc1ccc(C(=O)O)c(O)c1.[Zn]. The van der Waals surface area contributed by atoms with E-state index in [9.17, 15) is 14.7 Å². The normalized spacial score (nSPS) is 9.88. The Bertz CT molecular complexity index is 522. The molecular weight excluding hydrogens is 364 g/mol. The molecule has 0 saturated heterocycles. The molecule has 1 rings (SSSR count). The van der Waals surface area contributed by atoms with Gasteiger partial charge in [-0.3, -0.25) is 5.32 Å². The zero-order valence-corrected chi connectivity index (χ0v) is 17.2. The minimum absolute atomic E-state index is 0. The fourth-order valence-electron chi connectivity index (χ4n) is 2.17. The number of hydrogen-bond acceptors (Lipinski definition) is 4. The number of nitrogens with one attached hydrogen (secondary N) is 1. The van der Waals surface area contributed by atoms with Crippen LogP contribution in [0.15, 0.2) is 18.2 Å². The first kappa shape index (κ1) is 22.4. The number of unbranched alkanes of at least 4 members (excludes halogenated alkanes) is 6. The number of amides is 1. The van der Waals surface area contributed by atoms with Gasteiger partial charge in [0.1, 0.15) is 11.3 Å². The second kappa shape index (κ2) is 12.8. The van der Waals surface area contributed by atoms with Crippen LogP contribution in [0.2, 0.25) is 0 Å². The number of carboxylic acids is 1. The number of carbonyl (C=O) groups excluding carboxylic acids is 1. The van der Waals surface area contributed by atoms with Gasteiger partial charge in [0.05, 0.1) is 6.61 Å². The maximum Gasteiger partial charge on any atom is 0.411 e. The number of aromatic carboxylic acids is 1. The van der Waals surface area contributed by atoms with Crippen molar-refractivity contribution in [1.29, 1.82) is 0 Å². The van der Waals surface area contributed by atoms with E-state index in [4.69, 9.17) is 9.84 Å². The van der Waals surface area contributed by atoms with Crippen LogP contribution in [0.4, 0.5) is 10.5 Å². The number of anilines is 1. The van der Waals surface area contributed by atoms with E-state index in [0.717, 1.165) is 19.3 Å². The van der Waals surface area contributed by atoms with E-state index in [2.05, 4.69) is 12.2 Å². The Morgan fingerprint density at radius 3 is 2.29 bits per heavy atom. The smallest absolute Gasteiger partial charge is 0.411 e. The van der Waals surface area contributed by atoms with Crippen molar-refractivity contribution in [1.82, 2.24) is 0 Å². The molecule has 3 N–H and O–H groups in total. The van der Waals surface area contributed by atoms with Gasteiger partial charge in [-0.15, -0.1) is 0 Å². The topological polar surface area (TPSA) is 95.9 Å². The van der Waals surface area contributed by atoms with Gasteiger partial charge in [-0.05, 0) is 18.6 Å². The standard InChI is InChI=1S/C17H25NO5.Zn/c1-2-3-4-5-6-7-8-11-23-17(22)18-13-9-10-14(16(20)21)15(19)12-13;/h9-10,12,19H,2-8,11H2,1H3,(H,18,22)(H,20,21);. The fraction of sp³-hybridized carbons (Fsp3) is 0.529. The summed E-state index contributed by atoms with van der Waals surface area (Å²) in [6, 6.07) is 3.81. The van der Waals surface area contributed by atoms with Crippen LogP contribution in [0, 0.1) is 0 Å². The van der Waals surface area contributed by atoms with E-state index in [1.165, 1.54) is 43.9 Å². The summed E-state index contributed by atoms with van der Waals surface area (Å²) in [6.45, 7) is 2.53. The van der Waals surface area contributed by atoms with E-state index < -0.39 is 17.8 Å². The Kier molecular flexibility index (Phi) is 11.9. The van der Waals surface area contributed by atoms with E-state index in [1.807, 2.05) is 0 Å². The predicted molar refractivity (Wildman–Crippen MR) is 88.0 cm³/mol. The van der Waals surface area contributed by atoms with Gasteiger partial charge in [0.25, 0.3) is 0 Å². The Balaban J connectivity index is 0.00000529. The monoisotopic (exact) mass is 387 g/mol. The molecule has 0 atom stereocenters. The molecule has 0 spiro atoms. The van der Waals surface area contributed by atoms with Crippen molar-refractivity contribution in [3.05, 3.63) is 23.8 Å². The van der Waals surface area contributed by atoms with Crippen LogP contribution >= 0.6 is 0 Å². The summed E-state index contributed by atoms with van der Waals surface area (Å²) in [7, 11) is 0. The first-order chi connectivity index (χ1) is 11.0. The summed E-state index contributed by atoms with van der Waals surface area (Å²) in [5.41, 5.74) is 0.0732. The minimum atomic E-state index is -1.23. The molecule has 24 heavy (non-hydrogen) atoms. The van der Waals surface area contributed by atoms with Crippen LogP contribution in [-0.2, 0) is 24.2 Å². The number of carboxylic acid groups (broad SMARTS) is 1. The Morgan fingerprint density at radius 1 is 1.08 bits per heavy atom. The molecule has 6 nitrogen and oxygen atoms in total. The molecule has 1 amide bonds. The van der Waals surface area contributed by atoms with Crippen LogP contribution in [0.3, 0.4) is 0 Å². The predicted octanol–water partition coefficient (Wildman–Crippen LogP) is 4.39. The van der Waals surface area contributed by atoms with Crippen molar-refractivity contribution in [3.63, 3.8) is 0 Å². The summed E-state index contributed by atoms with van der Waals surface area (Å²) in [5.74, 6) is -1.63. The van der Waals surface area contributed by atoms with Gasteiger partial charge >= 0.3 is 12.1 Å². The minimum Gasteiger partial charge on any atom is -0.507 e. The molecular formula is C17H25NO5Zn. The molecule has 0 bridgehead atoms. The van der Waals surface area contributed by atoms with Gasteiger partial charge in [0.15, 0.2) is 0 Å². The van der Waals surface area contributed by atoms with Crippen molar-refractivity contribution in [3.8, 4) is 5.75 Å². The van der Waals surface area contributed by atoms with E-state index in [1.54, 1.807) is 0 Å². The van der Waals surface area contributed by atoms with Gasteiger partial charge in [0, 0.05) is 31.2 Å². The Morgan fingerprint density at radius 2 is 1.71 bits per heavy atom. The molecule has 0 heterocycles. The number of carbonyl (C=O) groups is 2. The maximum absolute atomic E-state index is 11.6. The van der Waals surface area contributed by atoms with Gasteiger partial charge in [-0.2, -0.15) is 0 Å². The van der Waals surface area contributed by atoms with Crippen LogP contribution in [0.5, 0.6) is 5.75 Å². The summed E-state index contributed by atoms with van der Waals surface area (Å²) < 4.78 is 5.04. The van der Waals surface area contributed by atoms with Crippen LogP contribution in [0.25, 0.3) is 0 Å². The first-order valence-corrected chi connectivity index (χ1v) is 8.04. The summed E-state index contributed by atoms with van der Waals surface area (Å²) in [5, 5.41) is 20.8. The van der Waals surface area contributed by atoms with Gasteiger partial charge in [-0.25, -0.2) is 9.59 Å². The molecule has 1 aromatic carbocycles. The molecule has 130 valence electrons. The Labute approximate surface area is 155 Å². The number of aromatic hydroxyl groups is 1. The van der Waals surface area contributed by atoms with Crippen molar-refractivity contribution >= 4 is 17.7 Å². The van der Waals surface area contributed by atoms with Crippen LogP contribution < -0.4 is 5.32 Å². The number of hydrogen-bond donors (Lipinski definition) is 3. The van der Waals surface area contributed by atoms with E-state index in [0.29, 0.717) is 6.61 Å². The van der Waals surface area contributed by atoms with E-state index in [-0.39, 0.29) is 30.7 Å². The second-order valence-corrected chi connectivity index (χ2v) is 5.42. The average Bonchev–Trinajstić information content (AvgIpc) is 2.49. The van der Waals surface area contributed by atoms with Crippen molar-refractivity contribution in [2.45, 2.75) is 51.9 Å². The zero-order valence-electron chi connectivity index (χ0n) is 14.2. The van der Waals surface area contributed by atoms with Gasteiger partial charge < -0.3 is 14.9 Å². The molecule has 0 aliphatic carbocycles. The molecule has 7 heteroatoms. The molecule has 0 saturated carbocycles. The van der Waals surface area contributed by atoms with Crippen molar-refractivity contribution in [2.75, 3.05) is 11.9 Å². The third-order valence-electron chi connectivity index (χ3n) is 3.46. The number of ether oxygens (including phenoxy) is 1.